The Morgan fingerprint density at radius 1 is 1.18 bits per heavy atom. The standard InChI is InChI=1S/C20H20F2N4O2/c1-27-19-8-14-18(9-16(19)22)24-11-25-20(14)26-12-4-5-17(15(21)7-12)23-10-13-3-2-6-28-13/h4-5,7-9,11,13,23H,2-3,6,10H2,1H3,(H,24,25,26). The Balaban J connectivity index is 1.54. The van der Waals surface area contributed by atoms with E-state index in [0.29, 0.717) is 34.6 Å². The fraction of sp³-hybridized carbons (Fsp3) is 0.300. The van der Waals surface area contributed by atoms with Crippen molar-refractivity contribution >= 4 is 28.1 Å². The van der Waals surface area contributed by atoms with E-state index >= 15 is 0 Å². The molecule has 6 nitrogen and oxygen atoms in total. The van der Waals surface area contributed by atoms with Gasteiger partial charge in [-0.05, 0) is 37.1 Å². The average molecular weight is 386 g/mol. The monoisotopic (exact) mass is 386 g/mol. The summed E-state index contributed by atoms with van der Waals surface area (Å²) in [6.45, 7) is 1.34. The van der Waals surface area contributed by atoms with Gasteiger partial charge in [-0.1, -0.05) is 0 Å². The van der Waals surface area contributed by atoms with Gasteiger partial charge in [0.15, 0.2) is 11.6 Å². The summed E-state index contributed by atoms with van der Waals surface area (Å²) in [7, 11) is 1.39. The van der Waals surface area contributed by atoms with Crippen LogP contribution in [0.25, 0.3) is 10.9 Å². The van der Waals surface area contributed by atoms with E-state index in [1.807, 2.05) is 0 Å². The normalized spacial score (nSPS) is 16.3. The van der Waals surface area contributed by atoms with Crippen molar-refractivity contribution in [3.63, 3.8) is 0 Å². The first-order chi connectivity index (χ1) is 13.6. The van der Waals surface area contributed by atoms with Crippen molar-refractivity contribution in [2.45, 2.75) is 18.9 Å². The Hall–Kier alpha value is -3.00. The first kappa shape index (κ1) is 18.4. The zero-order chi connectivity index (χ0) is 19.5. The predicted molar refractivity (Wildman–Crippen MR) is 103 cm³/mol. The molecule has 1 atom stereocenters. The summed E-state index contributed by atoms with van der Waals surface area (Å²) in [6, 6.07) is 7.58. The van der Waals surface area contributed by atoms with Crippen LogP contribution in [0.1, 0.15) is 12.8 Å². The quantitative estimate of drug-likeness (QED) is 0.660. The van der Waals surface area contributed by atoms with E-state index in [0.717, 1.165) is 19.4 Å². The highest BCUT2D eigenvalue weighted by Crippen LogP contribution is 2.30. The molecule has 1 aliphatic rings. The third-order valence-corrected chi connectivity index (χ3v) is 4.68. The van der Waals surface area contributed by atoms with Crippen molar-refractivity contribution in [2.24, 2.45) is 0 Å². The number of hydrogen-bond acceptors (Lipinski definition) is 6. The summed E-state index contributed by atoms with van der Waals surface area (Å²) < 4.78 is 38.9. The predicted octanol–water partition coefficient (Wildman–Crippen LogP) is 4.25. The van der Waals surface area contributed by atoms with Gasteiger partial charge >= 0.3 is 0 Å². The number of fused-ring (bicyclic) bond motifs is 1. The molecule has 0 bridgehead atoms. The van der Waals surface area contributed by atoms with E-state index in [1.54, 1.807) is 12.1 Å². The molecule has 8 heteroatoms. The Kier molecular flexibility index (Phi) is 5.21. The van der Waals surface area contributed by atoms with Crippen LogP contribution in [0.5, 0.6) is 5.75 Å². The molecular formula is C20H20F2N4O2. The topological polar surface area (TPSA) is 68.3 Å². The highest BCUT2D eigenvalue weighted by Gasteiger charge is 2.16. The molecule has 0 aliphatic carbocycles. The second kappa shape index (κ2) is 7.93. The van der Waals surface area contributed by atoms with Crippen LogP contribution in [0, 0.1) is 11.6 Å². The Labute approximate surface area is 160 Å². The van der Waals surface area contributed by atoms with Gasteiger partial charge in [-0.2, -0.15) is 0 Å². The molecule has 3 aromatic rings. The lowest BCUT2D eigenvalue weighted by Crippen LogP contribution is -2.18. The fourth-order valence-electron chi connectivity index (χ4n) is 3.22. The lowest BCUT2D eigenvalue weighted by molar-refractivity contribution is 0.120. The molecule has 1 fully saturated rings. The minimum atomic E-state index is -0.507. The number of nitrogens with zero attached hydrogens (tertiary/aromatic N) is 2. The smallest absolute Gasteiger partial charge is 0.167 e. The van der Waals surface area contributed by atoms with E-state index in [-0.39, 0.29) is 17.7 Å². The van der Waals surface area contributed by atoms with Gasteiger partial charge in [0.1, 0.15) is 18.0 Å². The molecule has 0 saturated carbocycles. The molecular weight excluding hydrogens is 366 g/mol. The summed E-state index contributed by atoms with van der Waals surface area (Å²) in [5.74, 6) is -0.370. The minimum absolute atomic E-state index is 0.0882. The number of hydrogen-bond donors (Lipinski definition) is 2. The van der Waals surface area contributed by atoms with E-state index < -0.39 is 5.82 Å². The lowest BCUT2D eigenvalue weighted by Gasteiger charge is -2.14. The maximum Gasteiger partial charge on any atom is 0.167 e. The van der Waals surface area contributed by atoms with Gasteiger partial charge in [0.25, 0.3) is 0 Å². The Morgan fingerprint density at radius 2 is 2.07 bits per heavy atom. The molecule has 1 saturated heterocycles. The van der Waals surface area contributed by atoms with Crippen LogP contribution in [0.2, 0.25) is 0 Å². The molecule has 2 heterocycles. The first-order valence-corrected chi connectivity index (χ1v) is 9.04. The number of halogens is 2. The Morgan fingerprint density at radius 3 is 2.82 bits per heavy atom. The highest BCUT2D eigenvalue weighted by atomic mass is 19.1. The van der Waals surface area contributed by atoms with Crippen molar-refractivity contribution in [2.75, 3.05) is 30.9 Å². The van der Waals surface area contributed by atoms with Crippen LogP contribution >= 0.6 is 0 Å². The highest BCUT2D eigenvalue weighted by molar-refractivity contribution is 5.91. The summed E-state index contributed by atoms with van der Waals surface area (Å²) in [5.41, 5.74) is 1.35. The molecule has 1 aromatic heterocycles. The van der Waals surface area contributed by atoms with E-state index in [1.165, 1.54) is 31.6 Å². The second-order valence-electron chi connectivity index (χ2n) is 6.56. The van der Waals surface area contributed by atoms with Crippen molar-refractivity contribution in [1.29, 1.82) is 0 Å². The molecule has 2 aromatic carbocycles. The van der Waals surface area contributed by atoms with Crippen molar-refractivity contribution in [1.82, 2.24) is 9.97 Å². The van der Waals surface area contributed by atoms with Crippen LogP contribution in [0.4, 0.5) is 26.0 Å². The van der Waals surface area contributed by atoms with Crippen LogP contribution in [-0.4, -0.2) is 36.3 Å². The van der Waals surface area contributed by atoms with E-state index in [4.69, 9.17) is 9.47 Å². The van der Waals surface area contributed by atoms with Gasteiger partial charge in [0.05, 0.1) is 24.4 Å². The summed E-state index contributed by atoms with van der Waals surface area (Å²) >= 11 is 0. The van der Waals surface area contributed by atoms with Gasteiger partial charge in [-0.3, -0.25) is 0 Å². The molecule has 4 rings (SSSR count). The first-order valence-electron chi connectivity index (χ1n) is 9.04. The fourth-order valence-corrected chi connectivity index (χ4v) is 3.22. The molecule has 2 N–H and O–H groups in total. The van der Waals surface area contributed by atoms with Gasteiger partial charge in [0, 0.05) is 30.3 Å². The largest absolute Gasteiger partial charge is 0.494 e. The lowest BCUT2D eigenvalue weighted by atomic mass is 10.2. The molecule has 1 unspecified atom stereocenters. The molecule has 28 heavy (non-hydrogen) atoms. The van der Waals surface area contributed by atoms with Crippen molar-refractivity contribution in [3.05, 3.63) is 48.3 Å². The van der Waals surface area contributed by atoms with E-state index in [2.05, 4.69) is 20.6 Å². The minimum Gasteiger partial charge on any atom is -0.494 e. The SMILES string of the molecule is COc1cc2c(Nc3ccc(NCC4CCCO4)c(F)c3)ncnc2cc1F. The second-order valence-corrected chi connectivity index (χ2v) is 6.56. The summed E-state index contributed by atoms with van der Waals surface area (Å²) in [4.78, 5) is 8.26. The summed E-state index contributed by atoms with van der Waals surface area (Å²) in [6.07, 6.45) is 3.47. The Bertz CT molecular complexity index is 993. The third-order valence-electron chi connectivity index (χ3n) is 4.68. The number of aromatic nitrogens is 2. The van der Waals surface area contributed by atoms with Crippen molar-refractivity contribution < 1.29 is 18.3 Å². The maximum atomic E-state index is 14.5. The molecule has 0 amide bonds. The van der Waals surface area contributed by atoms with E-state index in [9.17, 15) is 8.78 Å². The number of anilines is 3. The number of rotatable bonds is 6. The van der Waals surface area contributed by atoms with Crippen LogP contribution in [0.3, 0.4) is 0 Å². The molecule has 1 aliphatic heterocycles. The molecule has 146 valence electrons. The molecule has 0 spiro atoms. The number of nitrogens with one attached hydrogen (secondary N) is 2. The van der Waals surface area contributed by atoms with Crippen LogP contribution < -0.4 is 15.4 Å². The number of benzene rings is 2. The van der Waals surface area contributed by atoms with Crippen LogP contribution in [0.15, 0.2) is 36.7 Å². The van der Waals surface area contributed by atoms with Crippen LogP contribution in [-0.2, 0) is 4.74 Å². The van der Waals surface area contributed by atoms with Gasteiger partial charge in [-0.25, -0.2) is 18.7 Å². The maximum absolute atomic E-state index is 14.5. The zero-order valence-corrected chi connectivity index (χ0v) is 15.3. The third kappa shape index (κ3) is 3.82. The zero-order valence-electron chi connectivity index (χ0n) is 15.3. The van der Waals surface area contributed by atoms with Gasteiger partial charge in [0.2, 0.25) is 0 Å². The number of ether oxygens (including phenoxy) is 2. The average Bonchev–Trinajstić information content (AvgIpc) is 3.21. The van der Waals surface area contributed by atoms with Gasteiger partial charge < -0.3 is 20.1 Å². The molecule has 0 radical (unpaired) electrons. The summed E-state index contributed by atoms with van der Waals surface area (Å²) in [5, 5.41) is 6.72. The number of methoxy groups -OCH3 is 1. The van der Waals surface area contributed by atoms with Crippen molar-refractivity contribution in [3.8, 4) is 5.75 Å². The van der Waals surface area contributed by atoms with Gasteiger partial charge in [-0.15, -0.1) is 0 Å².